The summed E-state index contributed by atoms with van der Waals surface area (Å²) in [5, 5.41) is 14.4. The fourth-order valence-electron chi connectivity index (χ4n) is 2.03. The van der Waals surface area contributed by atoms with Gasteiger partial charge in [-0.2, -0.15) is 0 Å². The van der Waals surface area contributed by atoms with Crippen LogP contribution in [0.5, 0.6) is 0 Å². The van der Waals surface area contributed by atoms with Crippen LogP contribution in [0.3, 0.4) is 0 Å². The number of carbonyl (C=O) groups excluding carboxylic acids is 2. The van der Waals surface area contributed by atoms with Crippen LogP contribution in [0.2, 0.25) is 0 Å². The Morgan fingerprint density at radius 3 is 2.05 bits per heavy atom. The Bertz CT molecular complexity index is 611. The minimum Gasteiger partial charge on any atom is -0.478 e. The third-order valence-electron chi connectivity index (χ3n) is 2.91. The number of anilines is 1. The number of hydrogen-bond donors (Lipinski definition) is 3. The van der Waals surface area contributed by atoms with Gasteiger partial charge in [-0.05, 0) is 47.6 Å². The second kappa shape index (κ2) is 6.21. The lowest BCUT2D eigenvalue weighted by Gasteiger charge is -2.18. The quantitative estimate of drug-likeness (QED) is 0.688. The van der Waals surface area contributed by atoms with Crippen molar-refractivity contribution < 1.29 is 19.5 Å². The minimum atomic E-state index is -1.13. The van der Waals surface area contributed by atoms with Crippen LogP contribution in [0.4, 0.5) is 5.69 Å². The lowest BCUT2D eigenvalue weighted by Crippen LogP contribution is -2.24. The molecule has 2 amide bonds. The van der Waals surface area contributed by atoms with Gasteiger partial charge in [-0.1, -0.05) is 0 Å². The summed E-state index contributed by atoms with van der Waals surface area (Å²) in [6.07, 6.45) is 0. The molecule has 0 saturated heterocycles. The van der Waals surface area contributed by atoms with Gasteiger partial charge >= 0.3 is 5.97 Å². The number of halogens is 1. The molecule has 7 heteroatoms. The van der Waals surface area contributed by atoms with E-state index in [4.69, 9.17) is 0 Å². The predicted molar refractivity (Wildman–Crippen MR) is 83.3 cm³/mol. The normalized spacial score (nSPS) is 10.1. The number of benzene rings is 1. The number of aromatic carboxylic acids is 1. The monoisotopic (exact) mass is 390 g/mol. The van der Waals surface area contributed by atoms with Gasteiger partial charge in [0.15, 0.2) is 0 Å². The summed E-state index contributed by atoms with van der Waals surface area (Å²) in [5.74, 6) is -1.84. The zero-order valence-corrected chi connectivity index (χ0v) is 13.7. The summed E-state index contributed by atoms with van der Waals surface area (Å²) in [5.41, 5.74) is 1.47. The molecule has 1 rings (SSSR count). The molecule has 3 N–H and O–H groups in total. The molecule has 0 aliphatic carbocycles. The van der Waals surface area contributed by atoms with Gasteiger partial charge in [-0.15, -0.1) is 0 Å². The van der Waals surface area contributed by atoms with E-state index in [1.165, 1.54) is 14.0 Å². The molecule has 6 nitrogen and oxygen atoms in total. The van der Waals surface area contributed by atoms with Crippen molar-refractivity contribution in [3.05, 3.63) is 25.8 Å². The van der Waals surface area contributed by atoms with Gasteiger partial charge in [-0.3, -0.25) is 9.59 Å². The Morgan fingerprint density at radius 1 is 1.10 bits per heavy atom. The molecule has 0 heterocycles. The van der Waals surface area contributed by atoms with Crippen molar-refractivity contribution in [2.24, 2.45) is 0 Å². The van der Waals surface area contributed by atoms with Crippen LogP contribution >= 0.6 is 22.6 Å². The average Bonchev–Trinajstić information content (AvgIpc) is 2.33. The van der Waals surface area contributed by atoms with Crippen molar-refractivity contribution in [3.8, 4) is 0 Å². The van der Waals surface area contributed by atoms with Crippen LogP contribution in [-0.2, 0) is 4.79 Å². The van der Waals surface area contributed by atoms with Crippen LogP contribution in [0, 0.1) is 17.4 Å². The van der Waals surface area contributed by atoms with E-state index in [1.807, 2.05) is 22.6 Å². The van der Waals surface area contributed by atoms with Crippen LogP contribution in [-0.4, -0.2) is 29.9 Å². The largest absolute Gasteiger partial charge is 0.478 e. The minimum absolute atomic E-state index is 0.0350. The summed E-state index contributed by atoms with van der Waals surface area (Å²) in [7, 11) is 1.47. The Labute approximate surface area is 130 Å². The summed E-state index contributed by atoms with van der Waals surface area (Å²) in [4.78, 5) is 34.6. The van der Waals surface area contributed by atoms with E-state index in [1.54, 1.807) is 13.8 Å². The lowest BCUT2D eigenvalue weighted by atomic mass is 9.95. The molecule has 0 bridgehead atoms. The number of carbonyl (C=O) groups is 3. The fraction of sp³-hybridized carbons (Fsp3) is 0.308. The topological polar surface area (TPSA) is 95.5 Å². The zero-order valence-electron chi connectivity index (χ0n) is 11.5. The maximum atomic E-state index is 12.0. The first-order valence-electron chi connectivity index (χ1n) is 5.77. The molecule has 0 spiro atoms. The summed E-state index contributed by atoms with van der Waals surface area (Å²) in [6.45, 7) is 4.52. The SMILES string of the molecule is CNC(=O)c1c(C)c(C(=O)O)c(C)c(NC(C)=O)c1I. The van der Waals surface area contributed by atoms with Gasteiger partial charge in [0.1, 0.15) is 0 Å². The fourth-order valence-corrected chi connectivity index (χ4v) is 3.21. The van der Waals surface area contributed by atoms with Gasteiger partial charge in [0.05, 0.1) is 16.8 Å². The Kier molecular flexibility index (Phi) is 5.09. The third kappa shape index (κ3) is 2.92. The van der Waals surface area contributed by atoms with Gasteiger partial charge in [-0.25, -0.2) is 4.79 Å². The number of hydrogen-bond acceptors (Lipinski definition) is 3. The summed E-state index contributed by atoms with van der Waals surface area (Å²) in [6, 6.07) is 0. The van der Waals surface area contributed by atoms with Gasteiger partial charge in [0.2, 0.25) is 5.91 Å². The van der Waals surface area contributed by atoms with Crippen molar-refractivity contribution in [1.82, 2.24) is 5.32 Å². The Morgan fingerprint density at radius 2 is 1.65 bits per heavy atom. The zero-order chi connectivity index (χ0) is 15.6. The molecule has 0 atom stereocenters. The highest BCUT2D eigenvalue weighted by Crippen LogP contribution is 2.33. The van der Waals surface area contributed by atoms with Crippen LogP contribution < -0.4 is 10.6 Å². The van der Waals surface area contributed by atoms with Crippen molar-refractivity contribution in [2.45, 2.75) is 20.8 Å². The highest BCUT2D eigenvalue weighted by molar-refractivity contribution is 14.1. The molecule has 0 fully saturated rings. The maximum absolute atomic E-state index is 12.0. The number of carboxylic acids is 1. The third-order valence-corrected chi connectivity index (χ3v) is 3.99. The molecule has 0 aliphatic heterocycles. The molecular weight excluding hydrogens is 375 g/mol. The molecule has 0 aromatic heterocycles. The highest BCUT2D eigenvalue weighted by Gasteiger charge is 2.25. The van der Waals surface area contributed by atoms with Crippen molar-refractivity contribution in [1.29, 1.82) is 0 Å². The van der Waals surface area contributed by atoms with E-state index in [-0.39, 0.29) is 22.9 Å². The maximum Gasteiger partial charge on any atom is 0.336 e. The standard InChI is InChI=1S/C13H15IN2O4/c1-5-8(13(19)20)6(2)11(16-7(3)17)10(14)9(5)12(18)15-4/h1-4H3,(H,15,18)(H,16,17)(H,19,20). The van der Waals surface area contributed by atoms with E-state index in [2.05, 4.69) is 10.6 Å². The molecule has 0 unspecified atom stereocenters. The van der Waals surface area contributed by atoms with Crippen molar-refractivity contribution in [2.75, 3.05) is 12.4 Å². The highest BCUT2D eigenvalue weighted by atomic mass is 127. The van der Waals surface area contributed by atoms with Gasteiger partial charge in [0, 0.05) is 17.5 Å². The Hall–Kier alpha value is -1.64. The molecule has 0 aliphatic rings. The average molecular weight is 390 g/mol. The molecule has 0 saturated carbocycles. The summed E-state index contributed by atoms with van der Waals surface area (Å²) < 4.78 is 0.525. The molecular formula is C13H15IN2O4. The summed E-state index contributed by atoms with van der Waals surface area (Å²) >= 11 is 1.94. The first kappa shape index (κ1) is 16.4. The smallest absolute Gasteiger partial charge is 0.336 e. The molecule has 0 radical (unpaired) electrons. The molecule has 1 aromatic rings. The first-order valence-corrected chi connectivity index (χ1v) is 6.85. The predicted octanol–water partition coefficient (Wildman–Crippen LogP) is 1.92. The first-order chi connectivity index (χ1) is 9.22. The Balaban J connectivity index is 3.78. The van der Waals surface area contributed by atoms with Crippen molar-refractivity contribution in [3.63, 3.8) is 0 Å². The number of amides is 2. The second-order valence-corrected chi connectivity index (χ2v) is 5.33. The van der Waals surface area contributed by atoms with Crippen molar-refractivity contribution >= 4 is 46.1 Å². The van der Waals surface area contributed by atoms with Crippen LogP contribution in [0.15, 0.2) is 0 Å². The van der Waals surface area contributed by atoms with E-state index in [0.717, 1.165) is 0 Å². The second-order valence-electron chi connectivity index (χ2n) is 4.25. The van der Waals surface area contributed by atoms with Gasteiger partial charge in [0.25, 0.3) is 5.91 Å². The van der Waals surface area contributed by atoms with E-state index >= 15 is 0 Å². The van der Waals surface area contributed by atoms with Crippen LogP contribution in [0.1, 0.15) is 38.8 Å². The molecule has 1 aromatic carbocycles. The molecule has 108 valence electrons. The van der Waals surface area contributed by atoms with Crippen LogP contribution in [0.25, 0.3) is 0 Å². The van der Waals surface area contributed by atoms with E-state index < -0.39 is 5.97 Å². The van der Waals surface area contributed by atoms with Gasteiger partial charge < -0.3 is 15.7 Å². The lowest BCUT2D eigenvalue weighted by molar-refractivity contribution is -0.114. The number of rotatable bonds is 3. The van der Waals surface area contributed by atoms with E-state index in [0.29, 0.717) is 20.4 Å². The number of nitrogens with one attached hydrogen (secondary N) is 2. The number of carboxylic acid groups (broad SMARTS) is 1. The van der Waals surface area contributed by atoms with E-state index in [9.17, 15) is 19.5 Å². The molecule has 20 heavy (non-hydrogen) atoms.